The van der Waals surface area contributed by atoms with E-state index in [1.165, 1.54) is 11.3 Å². The molecule has 0 saturated carbocycles. The number of fused-ring (bicyclic) bond motifs is 1. The van der Waals surface area contributed by atoms with Crippen molar-refractivity contribution in [2.24, 2.45) is 0 Å². The Labute approximate surface area is 152 Å². The summed E-state index contributed by atoms with van der Waals surface area (Å²) < 4.78 is 10.9. The zero-order valence-electron chi connectivity index (χ0n) is 13.5. The SMILES string of the molecule is Cc1noc(-c2c(NC(=O)NCc3cccs3)sc3c2CCOC3)n1. The molecule has 0 fully saturated rings. The predicted molar refractivity (Wildman–Crippen MR) is 95.9 cm³/mol. The molecule has 0 atom stereocenters. The van der Waals surface area contributed by atoms with Crippen LogP contribution >= 0.6 is 22.7 Å². The van der Waals surface area contributed by atoms with Gasteiger partial charge in [0.15, 0.2) is 5.82 Å². The van der Waals surface area contributed by atoms with Gasteiger partial charge in [-0.3, -0.25) is 5.32 Å². The molecule has 3 aromatic heterocycles. The number of anilines is 1. The van der Waals surface area contributed by atoms with Crippen LogP contribution in [0.3, 0.4) is 0 Å². The van der Waals surface area contributed by atoms with Gasteiger partial charge in [0.2, 0.25) is 0 Å². The van der Waals surface area contributed by atoms with Crippen molar-refractivity contribution in [3.8, 4) is 11.5 Å². The van der Waals surface area contributed by atoms with Gasteiger partial charge in [-0.1, -0.05) is 11.2 Å². The summed E-state index contributed by atoms with van der Waals surface area (Å²) in [5, 5.41) is 12.4. The van der Waals surface area contributed by atoms with Crippen LogP contribution in [0.4, 0.5) is 9.80 Å². The van der Waals surface area contributed by atoms with Crippen LogP contribution in [0.2, 0.25) is 0 Å². The third kappa shape index (κ3) is 3.44. The Balaban J connectivity index is 1.58. The molecule has 2 N–H and O–H groups in total. The van der Waals surface area contributed by atoms with Crippen molar-refractivity contribution in [2.45, 2.75) is 26.5 Å². The van der Waals surface area contributed by atoms with E-state index in [1.54, 1.807) is 18.3 Å². The highest BCUT2D eigenvalue weighted by atomic mass is 32.1. The smallest absolute Gasteiger partial charge is 0.320 e. The summed E-state index contributed by atoms with van der Waals surface area (Å²) in [4.78, 5) is 18.8. The summed E-state index contributed by atoms with van der Waals surface area (Å²) in [6.07, 6.45) is 0.765. The van der Waals surface area contributed by atoms with Gasteiger partial charge >= 0.3 is 6.03 Å². The number of thiophene rings is 2. The molecular formula is C16H16N4O3S2. The topological polar surface area (TPSA) is 89.3 Å². The van der Waals surface area contributed by atoms with Crippen molar-refractivity contribution in [3.63, 3.8) is 0 Å². The molecule has 9 heteroatoms. The lowest BCUT2D eigenvalue weighted by Gasteiger charge is -2.12. The number of hydrogen-bond acceptors (Lipinski definition) is 7. The van der Waals surface area contributed by atoms with Crippen molar-refractivity contribution in [2.75, 3.05) is 11.9 Å². The number of nitrogens with one attached hydrogen (secondary N) is 2. The Kier molecular flexibility index (Phi) is 4.51. The van der Waals surface area contributed by atoms with Crippen molar-refractivity contribution in [1.82, 2.24) is 15.5 Å². The fourth-order valence-corrected chi connectivity index (χ4v) is 4.49. The number of amides is 2. The van der Waals surface area contributed by atoms with E-state index in [-0.39, 0.29) is 6.03 Å². The fourth-order valence-electron chi connectivity index (χ4n) is 2.67. The minimum Gasteiger partial charge on any atom is -0.376 e. The summed E-state index contributed by atoms with van der Waals surface area (Å²) in [6, 6.07) is 3.69. The number of aryl methyl sites for hydroxylation is 1. The van der Waals surface area contributed by atoms with Crippen LogP contribution in [0.25, 0.3) is 11.5 Å². The maximum Gasteiger partial charge on any atom is 0.320 e. The number of urea groups is 1. The minimum absolute atomic E-state index is 0.259. The summed E-state index contributed by atoms with van der Waals surface area (Å²) in [5.41, 5.74) is 1.93. The van der Waals surface area contributed by atoms with Gasteiger partial charge in [-0.25, -0.2) is 4.79 Å². The molecule has 4 heterocycles. The first-order chi connectivity index (χ1) is 12.2. The highest BCUT2D eigenvalue weighted by molar-refractivity contribution is 7.17. The highest BCUT2D eigenvalue weighted by Gasteiger charge is 2.26. The first-order valence-electron chi connectivity index (χ1n) is 7.81. The van der Waals surface area contributed by atoms with E-state index in [0.717, 1.165) is 27.3 Å². The summed E-state index contributed by atoms with van der Waals surface area (Å²) in [7, 11) is 0. The lowest BCUT2D eigenvalue weighted by atomic mass is 10.1. The van der Waals surface area contributed by atoms with Crippen molar-refractivity contribution in [1.29, 1.82) is 0 Å². The molecule has 0 saturated heterocycles. The van der Waals surface area contributed by atoms with Crippen molar-refractivity contribution < 1.29 is 14.1 Å². The molecule has 1 aliphatic heterocycles. The molecule has 4 rings (SSSR count). The molecule has 0 aromatic carbocycles. The Morgan fingerprint density at radius 3 is 3.12 bits per heavy atom. The molecule has 1 aliphatic rings. The number of carbonyl (C=O) groups excluding carboxylic acids is 1. The van der Waals surface area contributed by atoms with Gasteiger partial charge in [-0.15, -0.1) is 22.7 Å². The molecule has 0 unspecified atom stereocenters. The Morgan fingerprint density at radius 2 is 2.36 bits per heavy atom. The molecule has 25 heavy (non-hydrogen) atoms. The molecule has 7 nitrogen and oxygen atoms in total. The molecule has 0 bridgehead atoms. The van der Waals surface area contributed by atoms with Gasteiger partial charge in [0.25, 0.3) is 5.89 Å². The standard InChI is InChI=1S/C16H16N4O3S2/c1-9-18-14(23-20-9)13-11-4-5-22-8-12(11)25-15(13)19-16(21)17-7-10-3-2-6-24-10/h2-3,6H,4-5,7-8H2,1H3,(H2,17,19,21). The van der Waals surface area contributed by atoms with E-state index in [0.29, 0.717) is 36.5 Å². The van der Waals surface area contributed by atoms with Gasteiger partial charge in [0, 0.05) is 9.75 Å². The van der Waals surface area contributed by atoms with E-state index in [2.05, 4.69) is 20.8 Å². The van der Waals surface area contributed by atoms with E-state index in [4.69, 9.17) is 9.26 Å². The van der Waals surface area contributed by atoms with E-state index >= 15 is 0 Å². The average molecular weight is 376 g/mol. The summed E-state index contributed by atoms with van der Waals surface area (Å²) in [5.74, 6) is 1.00. The third-order valence-electron chi connectivity index (χ3n) is 3.79. The second-order valence-corrected chi connectivity index (χ2v) is 7.68. The van der Waals surface area contributed by atoms with Gasteiger partial charge in [0.1, 0.15) is 5.00 Å². The fraction of sp³-hybridized carbons (Fsp3) is 0.312. The zero-order chi connectivity index (χ0) is 17.2. The third-order valence-corrected chi connectivity index (χ3v) is 5.79. The largest absolute Gasteiger partial charge is 0.376 e. The minimum atomic E-state index is -0.259. The van der Waals surface area contributed by atoms with Crippen molar-refractivity contribution >= 4 is 33.7 Å². The molecule has 3 aromatic rings. The van der Waals surface area contributed by atoms with E-state index < -0.39 is 0 Å². The number of carbonyl (C=O) groups is 1. The first-order valence-corrected chi connectivity index (χ1v) is 9.50. The second-order valence-electron chi connectivity index (χ2n) is 5.54. The maximum atomic E-state index is 12.3. The van der Waals surface area contributed by atoms with E-state index in [1.807, 2.05) is 17.5 Å². The van der Waals surface area contributed by atoms with Crippen LogP contribution in [0, 0.1) is 6.92 Å². The predicted octanol–water partition coefficient (Wildman–Crippen LogP) is 3.56. The quantitative estimate of drug-likeness (QED) is 0.727. The van der Waals surface area contributed by atoms with Crippen LogP contribution in [-0.2, 0) is 24.3 Å². The number of nitrogens with zero attached hydrogens (tertiary/aromatic N) is 2. The monoisotopic (exact) mass is 376 g/mol. The van der Waals surface area contributed by atoms with Crippen LogP contribution in [-0.4, -0.2) is 22.8 Å². The lowest BCUT2D eigenvalue weighted by molar-refractivity contribution is 0.113. The number of hydrogen-bond donors (Lipinski definition) is 2. The highest BCUT2D eigenvalue weighted by Crippen LogP contribution is 2.42. The van der Waals surface area contributed by atoms with Crippen LogP contribution in [0.5, 0.6) is 0 Å². The van der Waals surface area contributed by atoms with Gasteiger partial charge in [-0.2, -0.15) is 4.98 Å². The molecule has 0 radical (unpaired) electrons. The van der Waals surface area contributed by atoms with E-state index in [9.17, 15) is 4.79 Å². The van der Waals surface area contributed by atoms with Crippen LogP contribution in [0.1, 0.15) is 21.1 Å². The second kappa shape index (κ2) is 6.95. The zero-order valence-corrected chi connectivity index (χ0v) is 15.1. The normalized spacial score (nSPS) is 13.5. The van der Waals surface area contributed by atoms with Crippen molar-refractivity contribution in [3.05, 3.63) is 38.7 Å². The molecule has 130 valence electrons. The molecule has 0 spiro atoms. The first kappa shape index (κ1) is 16.2. The summed E-state index contributed by atoms with van der Waals surface area (Å²) >= 11 is 3.10. The molecular weight excluding hydrogens is 360 g/mol. The number of ether oxygens (including phenoxy) is 1. The molecule has 2 amide bonds. The van der Waals surface area contributed by atoms with Crippen LogP contribution < -0.4 is 10.6 Å². The van der Waals surface area contributed by atoms with Crippen LogP contribution in [0.15, 0.2) is 22.0 Å². The van der Waals surface area contributed by atoms with Gasteiger partial charge < -0.3 is 14.6 Å². The number of rotatable bonds is 4. The van der Waals surface area contributed by atoms with Gasteiger partial charge in [-0.05, 0) is 30.4 Å². The Morgan fingerprint density at radius 1 is 1.44 bits per heavy atom. The Hall–Kier alpha value is -2.23. The summed E-state index contributed by atoms with van der Waals surface area (Å²) in [6.45, 7) is 3.45. The maximum absolute atomic E-state index is 12.3. The van der Waals surface area contributed by atoms with Gasteiger partial charge in [0.05, 0.1) is 25.3 Å². The lowest BCUT2D eigenvalue weighted by Crippen LogP contribution is -2.27. The Bertz CT molecular complexity index is 885. The number of aromatic nitrogens is 2. The molecule has 0 aliphatic carbocycles. The average Bonchev–Trinajstić information content (AvgIpc) is 3.32.